The Morgan fingerprint density at radius 1 is 1.12 bits per heavy atom. The van der Waals surface area contributed by atoms with Gasteiger partial charge in [0.2, 0.25) is 5.95 Å². The van der Waals surface area contributed by atoms with Crippen LogP contribution in [0.25, 0.3) is 10.6 Å². The maximum atomic E-state index is 13.1. The van der Waals surface area contributed by atoms with Crippen molar-refractivity contribution in [3.63, 3.8) is 0 Å². The fraction of sp³-hybridized carbons (Fsp3) is 0.133. The van der Waals surface area contributed by atoms with Gasteiger partial charge in [-0.3, -0.25) is 0 Å². The minimum Gasteiger partial charge on any atom is -0.245 e. The van der Waals surface area contributed by atoms with Crippen molar-refractivity contribution in [1.82, 2.24) is 9.97 Å². The third-order valence-electron chi connectivity index (χ3n) is 2.96. The molecule has 0 bridgehead atoms. The van der Waals surface area contributed by atoms with E-state index in [1.54, 1.807) is 12.1 Å². The van der Waals surface area contributed by atoms with Crippen molar-refractivity contribution in [3.8, 4) is 10.6 Å². The van der Waals surface area contributed by atoms with Gasteiger partial charge < -0.3 is 0 Å². The van der Waals surface area contributed by atoms with E-state index in [0.717, 1.165) is 22.3 Å². The fourth-order valence-electron chi connectivity index (χ4n) is 1.89. The molecule has 10 heteroatoms. The highest BCUT2D eigenvalue weighted by atomic mass is 32.1. The van der Waals surface area contributed by atoms with E-state index in [4.69, 9.17) is 0 Å². The molecule has 0 fully saturated rings. The zero-order valence-electron chi connectivity index (χ0n) is 12.6. The zero-order valence-corrected chi connectivity index (χ0v) is 14.3. The molecule has 3 rings (SSSR count). The topological polar surface area (TPSA) is 50.2 Å². The van der Waals surface area contributed by atoms with E-state index in [-0.39, 0.29) is 16.8 Å². The van der Waals surface area contributed by atoms with Gasteiger partial charge in [0.1, 0.15) is 0 Å². The number of nitrogens with one attached hydrogen (secondary N) is 1. The Labute approximate surface area is 147 Å². The molecule has 0 aromatic carbocycles. The van der Waals surface area contributed by atoms with Gasteiger partial charge in [-0.25, -0.2) is 15.4 Å². The van der Waals surface area contributed by atoms with Gasteiger partial charge in [-0.1, -0.05) is 0 Å². The molecule has 4 nitrogen and oxygen atoms in total. The van der Waals surface area contributed by atoms with Crippen molar-refractivity contribution in [1.29, 1.82) is 0 Å². The van der Waals surface area contributed by atoms with E-state index >= 15 is 0 Å². The standard InChI is InChI=1S/C15H10F4N4S2/c1-8-2-4-11(24-8)10-6-12(15(17,18)19)22-14(21-10)23-20-7-9-3-5-13(16)25-9/h2-7H,1H3,(H,21,22,23)/b20-7-. The predicted molar refractivity (Wildman–Crippen MR) is 90.6 cm³/mol. The number of thiophene rings is 2. The van der Waals surface area contributed by atoms with Gasteiger partial charge in [-0.15, -0.1) is 22.7 Å². The number of hydrazone groups is 1. The average molecular weight is 386 g/mol. The van der Waals surface area contributed by atoms with Gasteiger partial charge in [0.15, 0.2) is 10.8 Å². The second-order valence-electron chi connectivity index (χ2n) is 4.88. The first-order valence-electron chi connectivity index (χ1n) is 6.89. The van der Waals surface area contributed by atoms with Crippen molar-refractivity contribution in [2.24, 2.45) is 5.10 Å². The summed E-state index contributed by atoms with van der Waals surface area (Å²) in [4.78, 5) is 9.57. The van der Waals surface area contributed by atoms with Gasteiger partial charge in [0.25, 0.3) is 0 Å². The number of aromatic nitrogens is 2. The van der Waals surface area contributed by atoms with E-state index in [1.165, 1.54) is 29.7 Å². The summed E-state index contributed by atoms with van der Waals surface area (Å²) in [5.74, 6) is -0.288. The van der Waals surface area contributed by atoms with Crippen LogP contribution in [0, 0.1) is 12.1 Å². The number of alkyl halides is 3. The molecular formula is C15H10F4N4S2. The molecule has 0 aliphatic rings. The first kappa shape index (κ1) is 17.5. The van der Waals surface area contributed by atoms with Crippen molar-refractivity contribution >= 4 is 34.8 Å². The Balaban J connectivity index is 1.90. The van der Waals surface area contributed by atoms with E-state index in [1.807, 2.05) is 6.92 Å². The summed E-state index contributed by atoms with van der Waals surface area (Å²) < 4.78 is 52.1. The molecule has 0 spiro atoms. The monoisotopic (exact) mass is 386 g/mol. The Morgan fingerprint density at radius 3 is 2.52 bits per heavy atom. The van der Waals surface area contributed by atoms with Crippen molar-refractivity contribution in [2.75, 3.05) is 5.43 Å². The molecule has 3 aromatic heterocycles. The van der Waals surface area contributed by atoms with Crippen LogP contribution < -0.4 is 5.43 Å². The van der Waals surface area contributed by atoms with Crippen LogP contribution in [-0.2, 0) is 6.18 Å². The maximum Gasteiger partial charge on any atom is 0.433 e. The number of rotatable bonds is 4. The number of halogens is 4. The van der Waals surface area contributed by atoms with Gasteiger partial charge >= 0.3 is 6.18 Å². The van der Waals surface area contributed by atoms with Crippen molar-refractivity contribution in [3.05, 3.63) is 50.9 Å². The molecule has 0 aliphatic heterocycles. The lowest BCUT2D eigenvalue weighted by molar-refractivity contribution is -0.141. The summed E-state index contributed by atoms with van der Waals surface area (Å²) in [6, 6.07) is 7.16. The van der Waals surface area contributed by atoms with E-state index in [0.29, 0.717) is 9.75 Å². The smallest absolute Gasteiger partial charge is 0.245 e. The zero-order chi connectivity index (χ0) is 18.0. The highest BCUT2D eigenvalue weighted by Gasteiger charge is 2.34. The van der Waals surface area contributed by atoms with Crippen LogP contribution >= 0.6 is 22.7 Å². The van der Waals surface area contributed by atoms with Crippen LogP contribution in [0.4, 0.5) is 23.5 Å². The van der Waals surface area contributed by atoms with Crippen LogP contribution in [0.3, 0.4) is 0 Å². The van der Waals surface area contributed by atoms with E-state index in [2.05, 4.69) is 20.5 Å². The summed E-state index contributed by atoms with van der Waals surface area (Å²) in [5, 5.41) is 3.39. The van der Waals surface area contributed by atoms with Crippen LogP contribution in [0.2, 0.25) is 0 Å². The van der Waals surface area contributed by atoms with Gasteiger partial charge in [-0.05, 0) is 37.3 Å². The summed E-state index contributed by atoms with van der Waals surface area (Å²) in [6.07, 6.45) is -3.33. The molecular weight excluding hydrogens is 376 g/mol. The summed E-state index contributed by atoms with van der Waals surface area (Å²) in [7, 11) is 0. The van der Waals surface area contributed by atoms with Crippen LogP contribution in [0.5, 0.6) is 0 Å². The van der Waals surface area contributed by atoms with Gasteiger partial charge in [-0.2, -0.15) is 22.7 Å². The number of hydrogen-bond donors (Lipinski definition) is 1. The quantitative estimate of drug-likeness (QED) is 0.382. The Kier molecular flexibility index (Phi) is 4.82. The second-order valence-corrected chi connectivity index (χ2v) is 7.24. The number of anilines is 1. The second kappa shape index (κ2) is 6.89. The predicted octanol–water partition coefficient (Wildman–Crippen LogP) is 5.18. The summed E-state index contributed by atoms with van der Waals surface area (Å²) >= 11 is 2.19. The van der Waals surface area contributed by atoms with E-state index < -0.39 is 11.9 Å². The first-order valence-corrected chi connectivity index (χ1v) is 8.52. The molecule has 130 valence electrons. The molecule has 0 radical (unpaired) electrons. The molecule has 0 unspecified atom stereocenters. The highest BCUT2D eigenvalue weighted by Crippen LogP contribution is 2.33. The molecule has 25 heavy (non-hydrogen) atoms. The van der Waals surface area contributed by atoms with Crippen molar-refractivity contribution < 1.29 is 17.6 Å². The van der Waals surface area contributed by atoms with Crippen LogP contribution in [0.15, 0.2) is 35.4 Å². The minimum absolute atomic E-state index is 0.153. The van der Waals surface area contributed by atoms with Crippen LogP contribution in [-0.4, -0.2) is 16.2 Å². The SMILES string of the molecule is Cc1ccc(-c2cc(C(F)(F)F)nc(N/N=C\c3ccc(F)s3)n2)s1. The van der Waals surface area contributed by atoms with Gasteiger partial charge in [0.05, 0.1) is 21.7 Å². The molecule has 0 amide bonds. The Hall–Kier alpha value is -2.33. The minimum atomic E-state index is -4.61. The molecule has 0 saturated carbocycles. The highest BCUT2D eigenvalue weighted by molar-refractivity contribution is 7.15. The lowest BCUT2D eigenvalue weighted by atomic mass is 10.2. The maximum absolute atomic E-state index is 13.1. The average Bonchev–Trinajstić information content (AvgIpc) is 3.15. The Morgan fingerprint density at radius 2 is 1.92 bits per heavy atom. The summed E-state index contributed by atoms with van der Waals surface area (Å²) in [5.41, 5.74) is 1.45. The molecule has 0 aliphatic carbocycles. The number of aryl methyl sites for hydroxylation is 1. The molecule has 3 heterocycles. The lowest BCUT2D eigenvalue weighted by Gasteiger charge is -2.09. The Bertz CT molecular complexity index is 914. The summed E-state index contributed by atoms with van der Waals surface area (Å²) in [6.45, 7) is 1.85. The molecule has 0 saturated heterocycles. The molecule has 3 aromatic rings. The molecule has 0 atom stereocenters. The largest absolute Gasteiger partial charge is 0.433 e. The van der Waals surface area contributed by atoms with Crippen molar-refractivity contribution in [2.45, 2.75) is 13.1 Å². The normalized spacial score (nSPS) is 12.0. The fourth-order valence-corrected chi connectivity index (χ4v) is 3.32. The third-order valence-corrected chi connectivity index (χ3v) is 4.79. The number of nitrogens with zero attached hydrogens (tertiary/aromatic N) is 3. The first-order chi connectivity index (χ1) is 11.8. The van der Waals surface area contributed by atoms with E-state index in [9.17, 15) is 17.6 Å². The third kappa shape index (κ3) is 4.40. The number of hydrogen-bond acceptors (Lipinski definition) is 6. The van der Waals surface area contributed by atoms with Gasteiger partial charge in [0, 0.05) is 4.88 Å². The van der Waals surface area contributed by atoms with Crippen LogP contribution in [0.1, 0.15) is 15.4 Å². The lowest BCUT2D eigenvalue weighted by Crippen LogP contribution is -2.11. The molecule has 1 N–H and O–H groups in total.